The third-order valence-electron chi connectivity index (χ3n) is 5.54. The minimum absolute atomic E-state index is 0.121. The van der Waals surface area contributed by atoms with Gasteiger partial charge in [0.1, 0.15) is 12.1 Å². The minimum atomic E-state index is -0.731. The van der Waals surface area contributed by atoms with Gasteiger partial charge in [-0.1, -0.05) is 0 Å². The normalized spacial score (nSPS) is 18.4. The maximum atomic E-state index is 12.7. The van der Waals surface area contributed by atoms with Crippen molar-refractivity contribution in [2.24, 2.45) is 5.73 Å². The van der Waals surface area contributed by atoms with Crippen LogP contribution in [0.1, 0.15) is 35.2 Å². The summed E-state index contributed by atoms with van der Waals surface area (Å²) >= 11 is 0. The average molecular weight is 493 g/mol. The van der Waals surface area contributed by atoms with Crippen molar-refractivity contribution in [1.82, 2.24) is 10.2 Å². The molecule has 0 spiro atoms. The lowest BCUT2D eigenvalue weighted by Crippen LogP contribution is -2.52. The molecule has 0 radical (unpaired) electrons. The lowest BCUT2D eigenvalue weighted by atomic mass is 10.0. The number of carbonyl (C=O) groups is 4. The second-order valence-corrected chi connectivity index (χ2v) is 8.27. The van der Waals surface area contributed by atoms with Crippen molar-refractivity contribution in [3.8, 4) is 0 Å². The van der Waals surface area contributed by atoms with Crippen molar-refractivity contribution >= 4 is 29.3 Å². The molecule has 192 valence electrons. The van der Waals surface area contributed by atoms with Crippen molar-refractivity contribution in [3.05, 3.63) is 29.3 Å². The Morgan fingerprint density at radius 1 is 1.14 bits per heavy atom. The summed E-state index contributed by atoms with van der Waals surface area (Å²) in [5, 5.41) is 14.7. The molecular formula is C23H32N4O8. The number of nitrogens with two attached hydrogens (primary N) is 1. The standard InChI is InChI=1S/C23H32N4O8/c24-6-8-34-13-17(28)14-35-10-9-33-7-5-21(30)25-16-1-2-18-15(11-16)12-27(23(18)32)19-3-4-20(29)26-22(19)31/h1-2,11,17,19,28H,3-10,12-14,24H2,(H,25,30)(H,26,29,31). The number of amides is 4. The Kier molecular flexibility index (Phi) is 10.1. The van der Waals surface area contributed by atoms with Gasteiger partial charge in [-0.25, -0.2) is 0 Å². The molecule has 2 aliphatic heterocycles. The lowest BCUT2D eigenvalue weighted by molar-refractivity contribution is -0.137. The van der Waals surface area contributed by atoms with E-state index in [1.165, 1.54) is 4.90 Å². The number of piperidine rings is 1. The summed E-state index contributed by atoms with van der Waals surface area (Å²) < 4.78 is 15.8. The second kappa shape index (κ2) is 13.3. The number of imide groups is 1. The van der Waals surface area contributed by atoms with Crippen LogP contribution in [0.2, 0.25) is 0 Å². The largest absolute Gasteiger partial charge is 0.388 e. The molecule has 3 rings (SSSR count). The number of benzene rings is 1. The number of aliphatic hydroxyl groups excluding tert-OH is 1. The van der Waals surface area contributed by atoms with E-state index in [-0.39, 0.29) is 70.1 Å². The number of hydrogen-bond donors (Lipinski definition) is 4. The van der Waals surface area contributed by atoms with Gasteiger partial charge in [0.05, 0.1) is 46.1 Å². The SMILES string of the molecule is NCCOCC(O)COCCOCCC(=O)Nc1ccc2c(c1)CN(C1CCC(=O)NC1=O)C2=O. The third kappa shape index (κ3) is 7.80. The van der Waals surface area contributed by atoms with Gasteiger partial charge in [-0.2, -0.15) is 0 Å². The molecule has 0 aromatic heterocycles. The van der Waals surface area contributed by atoms with Crippen LogP contribution in [-0.2, 0) is 35.1 Å². The van der Waals surface area contributed by atoms with Gasteiger partial charge in [0, 0.05) is 30.8 Å². The Hall–Kier alpha value is -2.90. The molecular weight excluding hydrogens is 460 g/mol. The quantitative estimate of drug-likeness (QED) is 0.191. The summed E-state index contributed by atoms with van der Waals surface area (Å²) in [5.41, 5.74) is 7.03. The smallest absolute Gasteiger partial charge is 0.255 e. The van der Waals surface area contributed by atoms with Crippen molar-refractivity contribution in [1.29, 1.82) is 0 Å². The highest BCUT2D eigenvalue weighted by Crippen LogP contribution is 2.29. The number of rotatable bonds is 14. The number of nitrogens with one attached hydrogen (secondary N) is 2. The molecule has 2 atom stereocenters. The van der Waals surface area contributed by atoms with Gasteiger partial charge in [-0.15, -0.1) is 0 Å². The van der Waals surface area contributed by atoms with Gasteiger partial charge in [0.2, 0.25) is 17.7 Å². The van der Waals surface area contributed by atoms with Gasteiger partial charge in [0.25, 0.3) is 5.91 Å². The zero-order valence-corrected chi connectivity index (χ0v) is 19.5. The summed E-state index contributed by atoms with van der Waals surface area (Å²) in [7, 11) is 0. The van der Waals surface area contributed by atoms with Crippen LogP contribution in [-0.4, -0.2) is 92.0 Å². The molecule has 0 bridgehead atoms. The number of nitrogens with zero attached hydrogens (tertiary/aromatic N) is 1. The second-order valence-electron chi connectivity index (χ2n) is 8.27. The summed E-state index contributed by atoms with van der Waals surface area (Å²) in [6, 6.07) is 4.30. The molecule has 4 amide bonds. The number of anilines is 1. The number of fused-ring (bicyclic) bond motifs is 1. The van der Waals surface area contributed by atoms with Crippen molar-refractivity contribution in [2.45, 2.75) is 38.0 Å². The van der Waals surface area contributed by atoms with Crippen LogP contribution in [0.3, 0.4) is 0 Å². The Balaban J connectivity index is 1.35. The molecule has 2 aliphatic rings. The predicted molar refractivity (Wildman–Crippen MR) is 123 cm³/mol. The maximum absolute atomic E-state index is 12.7. The summed E-state index contributed by atoms with van der Waals surface area (Å²) in [4.78, 5) is 49.9. The zero-order valence-electron chi connectivity index (χ0n) is 19.5. The van der Waals surface area contributed by atoms with Crippen molar-refractivity contribution in [2.75, 3.05) is 51.5 Å². The molecule has 2 heterocycles. The van der Waals surface area contributed by atoms with E-state index in [0.717, 1.165) is 0 Å². The molecule has 12 nitrogen and oxygen atoms in total. The Labute approximate surface area is 203 Å². The van der Waals surface area contributed by atoms with E-state index in [1.54, 1.807) is 18.2 Å². The monoisotopic (exact) mass is 492 g/mol. The first-order valence-electron chi connectivity index (χ1n) is 11.6. The summed E-state index contributed by atoms with van der Waals surface area (Å²) in [6.45, 7) is 2.04. The fraction of sp³-hybridized carbons (Fsp3) is 0.565. The van der Waals surface area contributed by atoms with Gasteiger partial charge in [0.15, 0.2) is 0 Å². The number of aliphatic hydroxyl groups is 1. The molecule has 35 heavy (non-hydrogen) atoms. The highest BCUT2D eigenvalue weighted by atomic mass is 16.5. The van der Waals surface area contributed by atoms with E-state index in [9.17, 15) is 24.3 Å². The Bertz CT molecular complexity index is 925. The zero-order chi connectivity index (χ0) is 25.2. The van der Waals surface area contributed by atoms with Crippen LogP contribution < -0.4 is 16.4 Å². The van der Waals surface area contributed by atoms with E-state index in [0.29, 0.717) is 36.4 Å². The first kappa shape index (κ1) is 26.7. The molecule has 1 fully saturated rings. The first-order chi connectivity index (χ1) is 16.9. The topological polar surface area (TPSA) is 170 Å². The number of carbonyl (C=O) groups excluding carboxylic acids is 4. The van der Waals surface area contributed by atoms with Gasteiger partial charge < -0.3 is 35.3 Å². The molecule has 5 N–H and O–H groups in total. The van der Waals surface area contributed by atoms with E-state index < -0.39 is 18.1 Å². The molecule has 0 saturated carbocycles. The van der Waals surface area contributed by atoms with Crippen LogP contribution >= 0.6 is 0 Å². The molecule has 12 heteroatoms. The minimum Gasteiger partial charge on any atom is -0.388 e. The van der Waals surface area contributed by atoms with Gasteiger partial charge in [-0.05, 0) is 30.2 Å². The number of hydrogen-bond acceptors (Lipinski definition) is 9. The average Bonchev–Trinajstić information content (AvgIpc) is 3.14. The van der Waals surface area contributed by atoms with E-state index in [2.05, 4.69) is 10.6 Å². The molecule has 1 saturated heterocycles. The molecule has 0 aliphatic carbocycles. The summed E-state index contributed by atoms with van der Waals surface area (Å²) in [5.74, 6) is -1.31. The van der Waals surface area contributed by atoms with Crippen molar-refractivity contribution in [3.63, 3.8) is 0 Å². The number of ether oxygens (including phenoxy) is 3. The molecule has 1 aromatic carbocycles. The van der Waals surface area contributed by atoms with Gasteiger partial charge >= 0.3 is 0 Å². The highest BCUT2D eigenvalue weighted by Gasteiger charge is 2.39. The fourth-order valence-electron chi connectivity index (χ4n) is 3.83. The highest BCUT2D eigenvalue weighted by molar-refractivity contribution is 6.05. The van der Waals surface area contributed by atoms with Crippen LogP contribution in [0.5, 0.6) is 0 Å². The lowest BCUT2D eigenvalue weighted by Gasteiger charge is -2.29. The molecule has 1 aromatic rings. The Morgan fingerprint density at radius 3 is 2.63 bits per heavy atom. The molecule has 2 unspecified atom stereocenters. The first-order valence-corrected chi connectivity index (χ1v) is 11.6. The fourth-order valence-corrected chi connectivity index (χ4v) is 3.83. The summed E-state index contributed by atoms with van der Waals surface area (Å²) in [6.07, 6.45) is -0.111. The predicted octanol–water partition coefficient (Wildman–Crippen LogP) is -0.854. The van der Waals surface area contributed by atoms with Crippen molar-refractivity contribution < 1.29 is 38.5 Å². The maximum Gasteiger partial charge on any atom is 0.255 e. The van der Waals surface area contributed by atoms with Gasteiger partial charge in [-0.3, -0.25) is 24.5 Å². The third-order valence-corrected chi connectivity index (χ3v) is 5.54. The van der Waals surface area contributed by atoms with Crippen LogP contribution in [0.4, 0.5) is 5.69 Å². The van der Waals surface area contributed by atoms with E-state index in [1.807, 2.05) is 0 Å². The van der Waals surface area contributed by atoms with Crippen LogP contribution in [0, 0.1) is 0 Å². The Morgan fingerprint density at radius 2 is 1.89 bits per heavy atom. The van der Waals surface area contributed by atoms with E-state index in [4.69, 9.17) is 19.9 Å². The van der Waals surface area contributed by atoms with Crippen LogP contribution in [0.25, 0.3) is 0 Å². The van der Waals surface area contributed by atoms with E-state index >= 15 is 0 Å². The van der Waals surface area contributed by atoms with Crippen LogP contribution in [0.15, 0.2) is 18.2 Å².